The molecule has 0 unspecified atom stereocenters. The van der Waals surface area contributed by atoms with Crippen LogP contribution >= 0.6 is 0 Å². The van der Waals surface area contributed by atoms with Gasteiger partial charge in [-0.1, -0.05) is 36.4 Å². The van der Waals surface area contributed by atoms with Gasteiger partial charge in [-0.2, -0.15) is 0 Å². The van der Waals surface area contributed by atoms with Crippen LogP contribution < -0.4 is 10.5 Å². The molecule has 1 aliphatic rings. The summed E-state index contributed by atoms with van der Waals surface area (Å²) in [5, 5.41) is 16.6. The minimum absolute atomic E-state index is 0.0108. The molecule has 1 fully saturated rings. The molecule has 2 aromatic carbocycles. The van der Waals surface area contributed by atoms with Gasteiger partial charge >= 0.3 is 5.97 Å². The Balaban J connectivity index is 1.64. The second kappa shape index (κ2) is 10.7. The molecule has 2 atom stereocenters. The summed E-state index contributed by atoms with van der Waals surface area (Å²) in [5.74, 6) is -1.37. The first-order chi connectivity index (χ1) is 16.0. The summed E-state index contributed by atoms with van der Waals surface area (Å²) in [6, 6.07) is 14.4. The van der Waals surface area contributed by atoms with Crippen molar-refractivity contribution in [2.24, 2.45) is 11.7 Å². The highest BCUT2D eigenvalue weighted by atomic mass is 32.2. The molecule has 9 nitrogen and oxygen atoms in total. The van der Waals surface area contributed by atoms with E-state index in [1.165, 1.54) is 0 Å². The van der Waals surface area contributed by atoms with Crippen LogP contribution in [0.25, 0.3) is 11.1 Å². The second-order valence-electron chi connectivity index (χ2n) is 8.53. The van der Waals surface area contributed by atoms with Gasteiger partial charge in [0.2, 0.25) is 5.91 Å². The van der Waals surface area contributed by atoms with Gasteiger partial charge in [0, 0.05) is 18.4 Å². The van der Waals surface area contributed by atoms with Gasteiger partial charge in [0.25, 0.3) is 0 Å². The molecule has 10 heteroatoms. The number of amides is 1. The number of carbonyl (C=O) groups excluding carboxylic acids is 1. The number of hydrogen-bond donors (Lipinski definition) is 3. The zero-order chi connectivity index (χ0) is 24.9. The number of rotatable bonds is 11. The number of carboxylic acids is 1. The van der Waals surface area contributed by atoms with Crippen LogP contribution in [-0.4, -0.2) is 67.3 Å². The third kappa shape index (κ3) is 6.80. The topological polar surface area (TPSA) is 151 Å². The fourth-order valence-corrected chi connectivity index (χ4v) is 4.73. The summed E-state index contributed by atoms with van der Waals surface area (Å²) < 4.78 is 28.8. The third-order valence-electron chi connectivity index (χ3n) is 5.79. The van der Waals surface area contributed by atoms with Crippen molar-refractivity contribution >= 4 is 27.5 Å². The minimum atomic E-state index is -3.15. The Morgan fingerprint density at radius 3 is 2.26 bits per heavy atom. The average Bonchev–Trinajstić information content (AvgIpc) is 3.06. The second-order valence-corrected chi connectivity index (χ2v) is 10.8. The van der Waals surface area contributed by atoms with E-state index < -0.39 is 21.7 Å². The van der Waals surface area contributed by atoms with Gasteiger partial charge < -0.3 is 20.5 Å². The van der Waals surface area contributed by atoms with E-state index in [9.17, 15) is 18.0 Å². The number of nitrogens with zero attached hydrogens (tertiary/aromatic N) is 1. The van der Waals surface area contributed by atoms with Gasteiger partial charge in [-0.05, 0) is 36.1 Å². The molecule has 34 heavy (non-hydrogen) atoms. The summed E-state index contributed by atoms with van der Waals surface area (Å²) in [4.78, 5) is 25.4. The SMILES string of the molecule is CS(=O)(=O)CCCN1C(=O)[C@H](CC(=O)O)C[C@H]1COc1ccc(-c2ccc(C(=N)N)cc2)cc1. The first-order valence-corrected chi connectivity index (χ1v) is 13.0. The molecule has 1 amide bonds. The number of sulfone groups is 1. The Bertz CT molecular complexity index is 1150. The molecule has 1 heterocycles. The summed E-state index contributed by atoms with van der Waals surface area (Å²) in [5.41, 5.74) is 8.07. The Labute approximate surface area is 199 Å². The van der Waals surface area contributed by atoms with Crippen LogP contribution in [0.3, 0.4) is 0 Å². The zero-order valence-corrected chi connectivity index (χ0v) is 19.8. The van der Waals surface area contributed by atoms with Gasteiger partial charge in [0.1, 0.15) is 28.0 Å². The van der Waals surface area contributed by atoms with E-state index in [4.69, 9.17) is 21.0 Å². The quantitative estimate of drug-likeness (QED) is 0.324. The summed E-state index contributed by atoms with van der Waals surface area (Å²) >= 11 is 0. The lowest BCUT2D eigenvalue weighted by Gasteiger charge is -2.25. The van der Waals surface area contributed by atoms with Crippen molar-refractivity contribution in [2.45, 2.75) is 25.3 Å². The maximum atomic E-state index is 12.7. The van der Waals surface area contributed by atoms with E-state index in [1.54, 1.807) is 17.0 Å². The van der Waals surface area contributed by atoms with Crippen LogP contribution in [0.4, 0.5) is 0 Å². The summed E-state index contributed by atoms with van der Waals surface area (Å²) in [7, 11) is -3.15. The maximum absolute atomic E-state index is 12.7. The molecule has 3 rings (SSSR count). The Kier molecular flexibility index (Phi) is 7.93. The first kappa shape index (κ1) is 25.2. The molecule has 0 aromatic heterocycles. The summed E-state index contributed by atoms with van der Waals surface area (Å²) in [6.45, 7) is 0.429. The van der Waals surface area contributed by atoms with E-state index in [2.05, 4.69) is 0 Å². The minimum Gasteiger partial charge on any atom is -0.491 e. The maximum Gasteiger partial charge on any atom is 0.304 e. The van der Waals surface area contributed by atoms with Crippen LogP contribution in [0.1, 0.15) is 24.8 Å². The molecule has 1 aliphatic heterocycles. The molecule has 2 aromatic rings. The van der Waals surface area contributed by atoms with Crippen molar-refractivity contribution in [3.05, 3.63) is 54.1 Å². The molecule has 182 valence electrons. The molecule has 0 saturated carbocycles. The highest BCUT2D eigenvalue weighted by Crippen LogP contribution is 2.29. The zero-order valence-electron chi connectivity index (χ0n) is 18.9. The van der Waals surface area contributed by atoms with Crippen LogP contribution in [0.2, 0.25) is 0 Å². The monoisotopic (exact) mass is 487 g/mol. The molecular weight excluding hydrogens is 458 g/mol. The molecule has 0 aliphatic carbocycles. The van der Waals surface area contributed by atoms with Crippen molar-refractivity contribution in [2.75, 3.05) is 25.2 Å². The predicted molar refractivity (Wildman–Crippen MR) is 129 cm³/mol. The molecule has 1 saturated heterocycles. The Morgan fingerprint density at radius 1 is 1.15 bits per heavy atom. The number of aliphatic carboxylic acids is 1. The number of hydrogen-bond acceptors (Lipinski definition) is 6. The fourth-order valence-electron chi connectivity index (χ4n) is 4.08. The molecule has 0 radical (unpaired) electrons. The van der Waals surface area contributed by atoms with Crippen LogP contribution in [0.15, 0.2) is 48.5 Å². The van der Waals surface area contributed by atoms with Crippen molar-refractivity contribution in [3.8, 4) is 16.9 Å². The molecule has 0 spiro atoms. The summed E-state index contributed by atoms with van der Waals surface area (Å²) in [6.07, 6.45) is 1.53. The molecular formula is C24H29N3O6S. The number of carboxylic acid groups (broad SMARTS) is 1. The van der Waals surface area contributed by atoms with Crippen molar-refractivity contribution in [1.29, 1.82) is 5.41 Å². The van der Waals surface area contributed by atoms with Crippen LogP contribution in [0, 0.1) is 11.3 Å². The third-order valence-corrected chi connectivity index (χ3v) is 6.82. The molecule has 4 N–H and O–H groups in total. The van der Waals surface area contributed by atoms with Gasteiger partial charge in [0.15, 0.2) is 0 Å². The van der Waals surface area contributed by atoms with Gasteiger partial charge in [-0.15, -0.1) is 0 Å². The average molecular weight is 488 g/mol. The van der Waals surface area contributed by atoms with E-state index in [1.807, 2.05) is 36.4 Å². The van der Waals surface area contributed by atoms with Gasteiger partial charge in [-0.25, -0.2) is 8.42 Å². The van der Waals surface area contributed by atoms with E-state index in [0.717, 1.165) is 17.4 Å². The van der Waals surface area contributed by atoms with Crippen LogP contribution in [0.5, 0.6) is 5.75 Å². The van der Waals surface area contributed by atoms with Crippen molar-refractivity contribution < 1.29 is 27.9 Å². The van der Waals surface area contributed by atoms with E-state index >= 15 is 0 Å². The fraction of sp³-hybridized carbons (Fsp3) is 0.375. The number of amidine groups is 1. The lowest BCUT2D eigenvalue weighted by Crippen LogP contribution is -2.38. The van der Waals surface area contributed by atoms with Crippen LogP contribution in [-0.2, 0) is 19.4 Å². The number of ether oxygens (including phenoxy) is 1. The standard InChI is InChI=1S/C24H29N3O6S/c1-34(31,32)12-2-11-27-20(13-19(24(27)30)14-22(28)29)15-33-21-9-7-17(8-10-21)16-3-5-18(6-4-16)23(25)26/h3-10,19-20H,2,11-15H2,1H3,(H3,25,26)(H,28,29)/t19-,20-/m0/s1. The van der Waals surface area contributed by atoms with E-state index in [-0.39, 0.29) is 49.5 Å². The first-order valence-electron chi connectivity index (χ1n) is 10.9. The van der Waals surface area contributed by atoms with Crippen molar-refractivity contribution in [3.63, 3.8) is 0 Å². The van der Waals surface area contributed by atoms with Crippen molar-refractivity contribution in [1.82, 2.24) is 4.90 Å². The predicted octanol–water partition coefficient (Wildman–Crippen LogP) is 2.14. The molecule has 0 bridgehead atoms. The number of likely N-dealkylation sites (tertiary alicyclic amines) is 1. The van der Waals surface area contributed by atoms with Gasteiger partial charge in [-0.3, -0.25) is 15.0 Å². The smallest absolute Gasteiger partial charge is 0.304 e. The Hall–Kier alpha value is -3.40. The van der Waals surface area contributed by atoms with Gasteiger partial charge in [0.05, 0.1) is 24.1 Å². The lowest BCUT2D eigenvalue weighted by atomic mass is 10.0. The number of nitrogen functional groups attached to an aromatic ring is 1. The number of benzene rings is 2. The highest BCUT2D eigenvalue weighted by Gasteiger charge is 2.40. The van der Waals surface area contributed by atoms with E-state index in [0.29, 0.717) is 17.7 Å². The normalized spacial score (nSPS) is 18.1. The number of nitrogens with two attached hydrogens (primary N) is 1. The number of carbonyl (C=O) groups is 2. The lowest BCUT2D eigenvalue weighted by molar-refractivity contribution is -0.142. The largest absolute Gasteiger partial charge is 0.491 e. The Morgan fingerprint density at radius 2 is 1.74 bits per heavy atom. The number of nitrogens with one attached hydrogen (secondary N) is 1. The highest BCUT2D eigenvalue weighted by molar-refractivity contribution is 7.90.